The average molecular weight is 404 g/mol. The second kappa shape index (κ2) is 7.32. The summed E-state index contributed by atoms with van der Waals surface area (Å²) in [5.41, 5.74) is 1.65. The number of hydrogen-bond acceptors (Lipinski definition) is 5. The summed E-state index contributed by atoms with van der Waals surface area (Å²) in [4.78, 5) is 25.5. The zero-order chi connectivity index (χ0) is 19.0. The van der Waals surface area contributed by atoms with E-state index in [1.165, 1.54) is 11.3 Å². The molecule has 6 nitrogen and oxygen atoms in total. The Bertz CT molecular complexity index is 1020. The zero-order valence-corrected chi connectivity index (χ0v) is 16.3. The van der Waals surface area contributed by atoms with Crippen LogP contribution in [0.25, 0.3) is 15.9 Å². The van der Waals surface area contributed by atoms with Crippen molar-refractivity contribution in [1.82, 2.24) is 15.1 Å². The lowest BCUT2D eigenvalue weighted by atomic mass is 10.3. The number of esters is 1. The Balaban J connectivity index is 1.50. The summed E-state index contributed by atoms with van der Waals surface area (Å²) < 4.78 is 6.91. The van der Waals surface area contributed by atoms with Crippen LogP contribution in [-0.4, -0.2) is 34.8 Å². The Morgan fingerprint density at radius 3 is 2.93 bits per heavy atom. The van der Waals surface area contributed by atoms with Gasteiger partial charge in [-0.3, -0.25) is 9.59 Å². The molecule has 3 aromatic rings. The second-order valence-electron chi connectivity index (χ2n) is 6.62. The number of amides is 1. The molecule has 1 amide bonds. The van der Waals surface area contributed by atoms with Crippen LogP contribution in [-0.2, 0) is 9.53 Å². The van der Waals surface area contributed by atoms with Crippen molar-refractivity contribution in [2.75, 3.05) is 13.2 Å². The van der Waals surface area contributed by atoms with Gasteiger partial charge >= 0.3 is 5.97 Å². The molecular weight excluding hydrogens is 386 g/mol. The Labute approximate surface area is 165 Å². The molecule has 0 radical (unpaired) electrons. The lowest BCUT2D eigenvalue weighted by Gasteiger charge is -2.05. The van der Waals surface area contributed by atoms with Gasteiger partial charge in [-0.2, -0.15) is 5.10 Å². The maximum atomic E-state index is 12.4. The number of aromatic nitrogens is 2. The molecule has 2 aromatic heterocycles. The Morgan fingerprint density at radius 1 is 1.37 bits per heavy atom. The van der Waals surface area contributed by atoms with Crippen molar-refractivity contribution in [1.29, 1.82) is 0 Å². The van der Waals surface area contributed by atoms with Gasteiger partial charge in [-0.1, -0.05) is 17.7 Å². The van der Waals surface area contributed by atoms with Gasteiger partial charge in [-0.25, -0.2) is 4.68 Å². The quantitative estimate of drug-likeness (QED) is 0.636. The Hall–Kier alpha value is -2.38. The summed E-state index contributed by atoms with van der Waals surface area (Å²) in [7, 11) is 0. The molecule has 140 valence electrons. The number of carbonyl (C=O) groups is 2. The normalized spacial score (nSPS) is 13.7. The largest absolute Gasteiger partial charge is 0.464 e. The van der Waals surface area contributed by atoms with E-state index in [-0.39, 0.29) is 12.5 Å². The van der Waals surface area contributed by atoms with Gasteiger partial charge in [0.1, 0.15) is 11.4 Å². The van der Waals surface area contributed by atoms with Crippen molar-refractivity contribution in [3.8, 4) is 5.69 Å². The molecule has 1 saturated carbocycles. The van der Waals surface area contributed by atoms with Crippen LogP contribution in [0.15, 0.2) is 30.3 Å². The highest BCUT2D eigenvalue weighted by atomic mass is 35.5. The molecule has 0 bridgehead atoms. The Kier molecular flexibility index (Phi) is 4.88. The smallest absolute Gasteiger partial charge is 0.325 e. The van der Waals surface area contributed by atoms with E-state index in [9.17, 15) is 9.59 Å². The van der Waals surface area contributed by atoms with E-state index in [0.717, 1.165) is 34.4 Å². The number of ether oxygens (including phenoxy) is 1. The maximum Gasteiger partial charge on any atom is 0.325 e. The minimum Gasteiger partial charge on any atom is -0.464 e. The molecule has 1 fully saturated rings. The van der Waals surface area contributed by atoms with Crippen molar-refractivity contribution in [2.24, 2.45) is 5.92 Å². The molecular formula is C19H18ClN3O3S. The minimum atomic E-state index is -0.405. The third-order valence-corrected chi connectivity index (χ3v) is 5.74. The molecule has 2 heterocycles. The molecule has 0 unspecified atom stereocenters. The fourth-order valence-corrected chi connectivity index (χ4v) is 4.01. The number of hydrogen-bond donors (Lipinski definition) is 1. The third kappa shape index (κ3) is 3.99. The van der Waals surface area contributed by atoms with Gasteiger partial charge in [0, 0.05) is 10.4 Å². The van der Waals surface area contributed by atoms with E-state index in [0.29, 0.717) is 22.4 Å². The molecule has 0 saturated heterocycles. The predicted octanol–water partition coefficient (Wildman–Crippen LogP) is 3.73. The topological polar surface area (TPSA) is 73.2 Å². The lowest BCUT2D eigenvalue weighted by Crippen LogP contribution is -2.30. The Morgan fingerprint density at radius 2 is 2.19 bits per heavy atom. The van der Waals surface area contributed by atoms with E-state index in [1.807, 2.05) is 25.1 Å². The number of thiophene rings is 1. The maximum absolute atomic E-state index is 12.4. The van der Waals surface area contributed by atoms with Crippen LogP contribution in [0.1, 0.15) is 28.2 Å². The minimum absolute atomic E-state index is 0.126. The highest BCUT2D eigenvalue weighted by molar-refractivity contribution is 7.20. The van der Waals surface area contributed by atoms with Crippen LogP contribution in [0.3, 0.4) is 0 Å². The molecule has 1 aliphatic carbocycles. The highest BCUT2D eigenvalue weighted by Crippen LogP contribution is 2.31. The van der Waals surface area contributed by atoms with Crippen LogP contribution in [0.2, 0.25) is 5.02 Å². The number of benzene rings is 1. The van der Waals surface area contributed by atoms with Gasteiger partial charge in [0.25, 0.3) is 5.91 Å². The van der Waals surface area contributed by atoms with Crippen LogP contribution in [0.5, 0.6) is 0 Å². The molecule has 4 rings (SSSR count). The lowest BCUT2D eigenvalue weighted by molar-refractivity contribution is -0.142. The molecule has 0 spiro atoms. The molecule has 27 heavy (non-hydrogen) atoms. The number of fused-ring (bicyclic) bond motifs is 1. The molecule has 1 N–H and O–H groups in total. The second-order valence-corrected chi connectivity index (χ2v) is 8.08. The van der Waals surface area contributed by atoms with Gasteiger partial charge in [-0.15, -0.1) is 11.3 Å². The van der Waals surface area contributed by atoms with Crippen molar-refractivity contribution in [3.63, 3.8) is 0 Å². The summed E-state index contributed by atoms with van der Waals surface area (Å²) in [6.07, 6.45) is 2.23. The number of aryl methyl sites for hydroxylation is 1. The molecule has 0 atom stereocenters. The monoisotopic (exact) mass is 403 g/mol. The fourth-order valence-electron chi connectivity index (χ4n) is 2.73. The van der Waals surface area contributed by atoms with E-state index in [2.05, 4.69) is 10.4 Å². The fraction of sp³-hybridized carbons (Fsp3) is 0.316. The number of nitrogens with zero attached hydrogens (tertiary/aromatic N) is 2. The first kappa shape index (κ1) is 18.0. The van der Waals surface area contributed by atoms with Gasteiger partial charge < -0.3 is 10.1 Å². The van der Waals surface area contributed by atoms with E-state index in [4.69, 9.17) is 16.3 Å². The first-order valence-electron chi connectivity index (χ1n) is 8.70. The molecule has 1 aliphatic rings. The van der Waals surface area contributed by atoms with Crippen LogP contribution >= 0.6 is 22.9 Å². The van der Waals surface area contributed by atoms with Gasteiger partial charge in [0.05, 0.1) is 22.9 Å². The third-order valence-electron chi connectivity index (χ3n) is 4.39. The summed E-state index contributed by atoms with van der Waals surface area (Å²) in [5, 5.41) is 8.70. The summed E-state index contributed by atoms with van der Waals surface area (Å²) >= 11 is 7.41. The number of halogens is 1. The summed E-state index contributed by atoms with van der Waals surface area (Å²) in [6.45, 7) is 2.22. The van der Waals surface area contributed by atoms with E-state index >= 15 is 0 Å². The SMILES string of the molecule is Cc1nn(-c2cccc(Cl)c2)c2sc(C(=O)NCC(=O)OCC3CC3)cc12. The van der Waals surface area contributed by atoms with Crippen molar-refractivity contribution < 1.29 is 14.3 Å². The van der Waals surface area contributed by atoms with Gasteiger partial charge in [0.15, 0.2) is 0 Å². The van der Waals surface area contributed by atoms with Crippen LogP contribution < -0.4 is 5.32 Å². The van der Waals surface area contributed by atoms with Gasteiger partial charge in [-0.05, 0) is 49.9 Å². The number of carbonyl (C=O) groups excluding carboxylic acids is 2. The van der Waals surface area contributed by atoms with Crippen molar-refractivity contribution in [3.05, 3.63) is 45.9 Å². The zero-order valence-electron chi connectivity index (χ0n) is 14.7. The number of nitrogens with one attached hydrogen (secondary N) is 1. The average Bonchev–Trinajstić information content (AvgIpc) is 3.29. The first-order valence-corrected chi connectivity index (χ1v) is 9.89. The number of rotatable bonds is 6. The van der Waals surface area contributed by atoms with E-state index < -0.39 is 5.97 Å². The molecule has 1 aromatic carbocycles. The highest BCUT2D eigenvalue weighted by Gasteiger charge is 2.23. The van der Waals surface area contributed by atoms with E-state index in [1.54, 1.807) is 16.8 Å². The van der Waals surface area contributed by atoms with Crippen molar-refractivity contribution in [2.45, 2.75) is 19.8 Å². The van der Waals surface area contributed by atoms with Gasteiger partial charge in [0.2, 0.25) is 0 Å². The predicted molar refractivity (Wildman–Crippen MR) is 105 cm³/mol. The summed E-state index contributed by atoms with van der Waals surface area (Å²) in [5.74, 6) is -0.195. The van der Waals surface area contributed by atoms with Crippen LogP contribution in [0.4, 0.5) is 0 Å². The molecule has 8 heteroatoms. The van der Waals surface area contributed by atoms with Crippen LogP contribution in [0, 0.1) is 12.8 Å². The summed E-state index contributed by atoms with van der Waals surface area (Å²) in [6, 6.07) is 9.19. The van der Waals surface area contributed by atoms with Crippen molar-refractivity contribution >= 4 is 45.0 Å². The first-order chi connectivity index (χ1) is 13.0. The molecule has 0 aliphatic heterocycles. The standard InChI is InChI=1S/C19H18ClN3O3S/c1-11-15-8-16(18(25)21-9-17(24)26-10-12-5-6-12)27-19(15)23(22-11)14-4-2-3-13(20)7-14/h2-4,7-8,12H,5-6,9-10H2,1H3,(H,21,25).